The van der Waals surface area contributed by atoms with Crippen LogP contribution in [0.3, 0.4) is 0 Å². The van der Waals surface area contributed by atoms with Gasteiger partial charge in [0.1, 0.15) is 24.2 Å². The zero-order valence-corrected chi connectivity index (χ0v) is 23.9. The van der Waals surface area contributed by atoms with E-state index in [0.29, 0.717) is 5.69 Å². The molecule has 0 saturated carbocycles. The Labute approximate surface area is 246 Å². The van der Waals surface area contributed by atoms with E-state index in [4.69, 9.17) is 10.8 Å². The number of hydrogen-bond donors (Lipinski definition) is 10. The fraction of sp³-hybridized carbons (Fsp3) is 0.583. The van der Waals surface area contributed by atoms with Crippen LogP contribution in [0.1, 0.15) is 45.2 Å². The van der Waals surface area contributed by atoms with Crippen LogP contribution in [0.2, 0.25) is 0 Å². The highest BCUT2D eigenvalue weighted by atomic mass is 32.1. The van der Waals surface area contributed by atoms with Crippen molar-refractivity contribution in [1.29, 1.82) is 0 Å². The number of nitrogens with two attached hydrogens (primary N) is 1. The first-order chi connectivity index (χ1) is 19.6. The van der Waals surface area contributed by atoms with Gasteiger partial charge < -0.3 is 47.3 Å². The minimum Gasteiger partial charge on any atom is -0.481 e. The molecule has 0 aromatic carbocycles. The molecular formula is C24H37N7O10S. The van der Waals surface area contributed by atoms with Gasteiger partial charge in [-0.05, 0) is 18.8 Å². The van der Waals surface area contributed by atoms with Gasteiger partial charge in [0, 0.05) is 24.8 Å². The maximum Gasteiger partial charge on any atom is 0.327 e. The Hall–Kier alpha value is -4.19. The Bertz CT molecular complexity index is 1120. The highest BCUT2D eigenvalue weighted by Gasteiger charge is 2.32. The molecule has 0 aliphatic carbocycles. The van der Waals surface area contributed by atoms with Crippen LogP contribution in [0.5, 0.6) is 0 Å². The predicted molar refractivity (Wildman–Crippen MR) is 148 cm³/mol. The summed E-state index contributed by atoms with van der Waals surface area (Å²) in [5.74, 6) is -7.99. The molecule has 4 amide bonds. The SMILES string of the molecule is CC(C)C[C@H](NC(=O)[C@H](CCC(=O)O)NC(=O)[C@H](Cc1c[nH]cn1)NC(=O)[C@@H](N)CC(=O)O)C(=O)N[C@@H](CS)C(=O)O. The third kappa shape index (κ3) is 13.0. The minimum absolute atomic E-state index is 0.0788. The Morgan fingerprint density at radius 3 is 1.90 bits per heavy atom. The second kappa shape index (κ2) is 17.6. The summed E-state index contributed by atoms with van der Waals surface area (Å²) in [6, 6.07) is -6.97. The van der Waals surface area contributed by atoms with Gasteiger partial charge in [0.25, 0.3) is 0 Å². The molecule has 17 nitrogen and oxygen atoms in total. The van der Waals surface area contributed by atoms with Gasteiger partial charge >= 0.3 is 17.9 Å². The van der Waals surface area contributed by atoms with Crippen molar-refractivity contribution >= 4 is 54.2 Å². The van der Waals surface area contributed by atoms with Crippen LogP contribution in [-0.4, -0.2) is 103 Å². The third-order valence-electron chi connectivity index (χ3n) is 5.75. The number of rotatable bonds is 19. The topological polar surface area (TPSA) is 283 Å². The van der Waals surface area contributed by atoms with Crippen molar-refractivity contribution in [3.8, 4) is 0 Å². The van der Waals surface area contributed by atoms with Gasteiger partial charge in [-0.2, -0.15) is 12.6 Å². The number of H-pyrrole nitrogens is 1. The third-order valence-corrected chi connectivity index (χ3v) is 6.11. The molecule has 18 heteroatoms. The van der Waals surface area contributed by atoms with Crippen LogP contribution in [0.25, 0.3) is 0 Å². The van der Waals surface area contributed by atoms with E-state index < -0.39 is 91.0 Å². The van der Waals surface area contributed by atoms with E-state index in [1.165, 1.54) is 12.5 Å². The molecule has 1 aromatic heterocycles. The molecule has 1 rings (SSSR count). The first-order valence-corrected chi connectivity index (χ1v) is 13.5. The number of carbonyl (C=O) groups excluding carboxylic acids is 4. The molecule has 234 valence electrons. The molecule has 42 heavy (non-hydrogen) atoms. The number of aromatic amines is 1. The van der Waals surface area contributed by atoms with Crippen molar-refractivity contribution in [3.05, 3.63) is 18.2 Å². The molecule has 1 heterocycles. The van der Waals surface area contributed by atoms with E-state index in [1.54, 1.807) is 13.8 Å². The minimum atomic E-state index is -1.50. The lowest BCUT2D eigenvalue weighted by Crippen LogP contribution is -2.59. The smallest absolute Gasteiger partial charge is 0.327 e. The Balaban J connectivity index is 3.20. The highest BCUT2D eigenvalue weighted by molar-refractivity contribution is 7.80. The molecule has 0 saturated heterocycles. The standard InChI is InChI=1S/C24H37N7O10S/c1-11(2)5-15(22(38)31-17(9-42)24(40)41)30-21(37)14(3-4-18(32)33)28-23(39)16(6-12-8-26-10-27-12)29-20(36)13(25)7-19(34)35/h8,10-11,13-17,42H,3-7,9,25H2,1-2H3,(H,26,27)(H,28,39)(H,29,36)(H,30,37)(H,31,38)(H,32,33)(H,34,35)(H,40,41)/t13-,14-,15-,16-,17-/m0/s1. The number of nitrogens with one attached hydrogen (secondary N) is 5. The van der Waals surface area contributed by atoms with Crippen LogP contribution in [0, 0.1) is 5.92 Å². The van der Waals surface area contributed by atoms with Crippen molar-refractivity contribution in [1.82, 2.24) is 31.2 Å². The second-order valence-electron chi connectivity index (χ2n) is 9.80. The summed E-state index contributed by atoms with van der Waals surface area (Å²) in [6.07, 6.45) is 0.944. The summed E-state index contributed by atoms with van der Waals surface area (Å²) in [7, 11) is 0. The Morgan fingerprint density at radius 1 is 0.857 bits per heavy atom. The lowest BCUT2D eigenvalue weighted by atomic mass is 10.0. The lowest BCUT2D eigenvalue weighted by Gasteiger charge is -2.26. The molecule has 0 bridgehead atoms. The molecule has 0 radical (unpaired) electrons. The summed E-state index contributed by atoms with van der Waals surface area (Å²) in [4.78, 5) is 92.0. The average Bonchev–Trinajstić information content (AvgIpc) is 3.40. The van der Waals surface area contributed by atoms with Gasteiger partial charge in [0.05, 0.1) is 24.5 Å². The fourth-order valence-corrected chi connectivity index (χ4v) is 3.87. The number of nitrogens with zero attached hydrogens (tertiary/aromatic N) is 1. The first kappa shape index (κ1) is 35.8. The van der Waals surface area contributed by atoms with E-state index >= 15 is 0 Å². The summed E-state index contributed by atoms with van der Waals surface area (Å²) < 4.78 is 0. The Morgan fingerprint density at radius 2 is 1.40 bits per heavy atom. The predicted octanol–water partition coefficient (Wildman–Crippen LogP) is -2.38. The number of hydrogen-bond acceptors (Lipinski definition) is 10. The van der Waals surface area contributed by atoms with Crippen LogP contribution in [0.15, 0.2) is 12.5 Å². The van der Waals surface area contributed by atoms with Crippen LogP contribution in [-0.2, 0) is 40.0 Å². The van der Waals surface area contributed by atoms with Crippen molar-refractivity contribution < 1.29 is 48.9 Å². The molecular weight excluding hydrogens is 578 g/mol. The molecule has 10 N–H and O–H groups in total. The molecule has 0 aliphatic rings. The molecule has 0 spiro atoms. The van der Waals surface area contributed by atoms with Crippen molar-refractivity contribution in [2.75, 3.05) is 5.75 Å². The van der Waals surface area contributed by atoms with Crippen LogP contribution < -0.4 is 27.0 Å². The maximum atomic E-state index is 13.3. The number of aromatic nitrogens is 2. The van der Waals surface area contributed by atoms with Crippen LogP contribution in [0.4, 0.5) is 0 Å². The zero-order chi connectivity index (χ0) is 32.0. The van der Waals surface area contributed by atoms with Gasteiger partial charge in [-0.1, -0.05) is 13.8 Å². The number of thiol groups is 1. The van der Waals surface area contributed by atoms with Gasteiger partial charge in [0.2, 0.25) is 23.6 Å². The van der Waals surface area contributed by atoms with Crippen molar-refractivity contribution in [2.24, 2.45) is 11.7 Å². The molecule has 1 aromatic rings. The average molecular weight is 616 g/mol. The van der Waals surface area contributed by atoms with Crippen molar-refractivity contribution in [3.63, 3.8) is 0 Å². The number of carbonyl (C=O) groups is 7. The number of aliphatic carboxylic acids is 3. The Kier molecular flexibility index (Phi) is 15.0. The summed E-state index contributed by atoms with van der Waals surface area (Å²) in [6.45, 7) is 3.50. The molecule has 0 aliphatic heterocycles. The van der Waals surface area contributed by atoms with Crippen molar-refractivity contribution in [2.45, 2.75) is 76.2 Å². The second-order valence-corrected chi connectivity index (χ2v) is 10.2. The van der Waals surface area contributed by atoms with E-state index in [1.807, 2.05) is 0 Å². The number of amides is 4. The normalized spacial score (nSPS) is 14.5. The molecule has 5 atom stereocenters. The zero-order valence-electron chi connectivity index (χ0n) is 23.0. The maximum absolute atomic E-state index is 13.3. The lowest BCUT2D eigenvalue weighted by molar-refractivity contribution is -0.142. The highest BCUT2D eigenvalue weighted by Crippen LogP contribution is 2.09. The largest absolute Gasteiger partial charge is 0.481 e. The van der Waals surface area contributed by atoms with E-state index in [0.717, 1.165) is 0 Å². The van der Waals surface area contributed by atoms with Crippen LogP contribution >= 0.6 is 12.6 Å². The fourth-order valence-electron chi connectivity index (χ4n) is 3.62. The quantitative estimate of drug-likeness (QED) is 0.0730. The van der Waals surface area contributed by atoms with Gasteiger partial charge in [-0.25, -0.2) is 9.78 Å². The molecule has 0 fully saturated rings. The molecule has 0 unspecified atom stereocenters. The number of carboxylic acids is 3. The van der Waals surface area contributed by atoms with E-state index in [2.05, 4.69) is 43.9 Å². The van der Waals surface area contributed by atoms with E-state index in [9.17, 15) is 43.8 Å². The van der Waals surface area contributed by atoms with E-state index in [-0.39, 0.29) is 24.5 Å². The summed E-state index contributed by atoms with van der Waals surface area (Å²) in [5, 5.41) is 36.7. The summed E-state index contributed by atoms with van der Waals surface area (Å²) >= 11 is 3.90. The number of imidazole rings is 1. The number of carboxylic acid groups (broad SMARTS) is 3. The van der Waals surface area contributed by atoms with Gasteiger partial charge in [-0.3, -0.25) is 28.8 Å². The first-order valence-electron chi connectivity index (χ1n) is 12.9. The van der Waals surface area contributed by atoms with Gasteiger partial charge in [-0.15, -0.1) is 0 Å². The summed E-state index contributed by atoms with van der Waals surface area (Å²) in [5.41, 5.74) is 5.92. The van der Waals surface area contributed by atoms with Gasteiger partial charge in [0.15, 0.2) is 0 Å². The monoisotopic (exact) mass is 615 g/mol.